The van der Waals surface area contributed by atoms with Crippen molar-refractivity contribution in [2.75, 3.05) is 27.2 Å². The first-order chi connectivity index (χ1) is 29.1. The Balaban J connectivity index is 0.000000613. The van der Waals surface area contributed by atoms with E-state index in [0.717, 1.165) is 52.5 Å². The van der Waals surface area contributed by atoms with Crippen LogP contribution in [-0.4, -0.2) is 78.6 Å². The molecule has 65 heavy (non-hydrogen) atoms. The molecule has 19 heteroatoms. The van der Waals surface area contributed by atoms with Gasteiger partial charge >= 0.3 is 0 Å². The Morgan fingerprint density at radius 3 is 1.38 bits per heavy atom. The summed E-state index contributed by atoms with van der Waals surface area (Å²) in [6, 6.07) is 23.5. The predicted molar refractivity (Wildman–Crippen MR) is 284 cm³/mol. The lowest BCUT2D eigenvalue weighted by molar-refractivity contribution is -0.128. The number of ketones is 2. The van der Waals surface area contributed by atoms with Gasteiger partial charge in [-0.2, -0.15) is 0 Å². The molecule has 0 atom stereocenters. The standard InChI is InChI=1S/C23H26Cl2N4O2.C23H27ClN4O2.4BrH/c1-4-16-7-5-8-20-22(16)28(12-6-11-27(3)15(2)30)23(26)29(20)14-21(31)18-10-9-17(24)13-19(18)25;1-4-17-7-5-8-20-22(17)27(14-6-13-26(3)16(2)29)23(25)28(20)15-21(30)18-9-11-19(24)12-10-18;;;;/h5,7-10,13,26H,4,6,11-12,14H2,1-3H3;5,7-12,25H,4,6,13-15H2,1-3H3;4*1H. The molecule has 0 saturated carbocycles. The third-order valence-corrected chi connectivity index (χ3v) is 11.7. The maximum Gasteiger partial charge on any atom is 0.219 e. The van der Waals surface area contributed by atoms with Crippen molar-refractivity contribution in [2.24, 2.45) is 0 Å². The first-order valence-electron chi connectivity index (χ1n) is 20.3. The van der Waals surface area contributed by atoms with Gasteiger partial charge in [0.25, 0.3) is 0 Å². The molecule has 0 aliphatic carbocycles. The number of aromatic nitrogens is 4. The molecule has 0 aliphatic rings. The zero-order chi connectivity index (χ0) is 44.5. The van der Waals surface area contributed by atoms with E-state index in [2.05, 4.69) is 19.9 Å². The van der Waals surface area contributed by atoms with Crippen LogP contribution in [0.25, 0.3) is 22.1 Å². The highest BCUT2D eigenvalue weighted by molar-refractivity contribution is 8.93. The van der Waals surface area contributed by atoms with Crippen LogP contribution in [-0.2, 0) is 48.6 Å². The summed E-state index contributed by atoms with van der Waals surface area (Å²) in [6.45, 7) is 9.73. The van der Waals surface area contributed by atoms with Gasteiger partial charge in [0.15, 0.2) is 11.6 Å². The number of benzene rings is 4. The molecule has 0 saturated heterocycles. The Hall–Kier alpha value is -3.51. The molecule has 2 heterocycles. The van der Waals surface area contributed by atoms with Gasteiger partial charge in [0, 0.05) is 75.3 Å². The summed E-state index contributed by atoms with van der Waals surface area (Å²) in [4.78, 5) is 52.2. The average molecular weight is 1210 g/mol. The third-order valence-electron chi connectivity index (χ3n) is 10.9. The monoisotopic (exact) mass is 1210 g/mol. The number of Topliss-reactive ketones (excluding diaryl/α,β-unsaturated/α-hetero) is 2. The number of imidazole rings is 2. The lowest BCUT2D eigenvalue weighted by Gasteiger charge is -2.15. The van der Waals surface area contributed by atoms with Gasteiger partial charge in [0.1, 0.15) is 0 Å². The zero-order valence-electron chi connectivity index (χ0n) is 37.2. The molecule has 2 aromatic heterocycles. The van der Waals surface area contributed by atoms with E-state index >= 15 is 0 Å². The largest absolute Gasteiger partial charge is 0.346 e. The van der Waals surface area contributed by atoms with Gasteiger partial charge in [-0.15, -0.1) is 67.9 Å². The number of hydrogen-bond donors (Lipinski definition) is 2. The van der Waals surface area contributed by atoms with Crippen molar-refractivity contribution in [1.29, 1.82) is 10.8 Å². The molecule has 2 N–H and O–H groups in total. The maximum absolute atomic E-state index is 13.0. The molecule has 12 nitrogen and oxygen atoms in total. The van der Waals surface area contributed by atoms with Crippen LogP contribution in [0.4, 0.5) is 0 Å². The number of halogens is 7. The van der Waals surface area contributed by atoms with E-state index in [1.165, 1.54) is 6.92 Å². The highest BCUT2D eigenvalue weighted by Gasteiger charge is 2.20. The minimum absolute atomic E-state index is 0. The molecule has 0 unspecified atom stereocenters. The van der Waals surface area contributed by atoms with E-state index in [4.69, 9.17) is 45.6 Å². The molecule has 0 aliphatic heterocycles. The van der Waals surface area contributed by atoms with Crippen molar-refractivity contribution < 1.29 is 19.2 Å². The fourth-order valence-electron chi connectivity index (χ4n) is 7.33. The van der Waals surface area contributed by atoms with Crippen molar-refractivity contribution in [3.8, 4) is 0 Å². The van der Waals surface area contributed by atoms with Crippen LogP contribution < -0.4 is 11.2 Å². The first-order valence-corrected chi connectivity index (χ1v) is 21.4. The van der Waals surface area contributed by atoms with Crippen LogP contribution in [0.5, 0.6) is 0 Å². The van der Waals surface area contributed by atoms with Crippen molar-refractivity contribution in [3.63, 3.8) is 0 Å². The number of amides is 2. The van der Waals surface area contributed by atoms with Crippen LogP contribution >= 0.6 is 103 Å². The molecule has 4 aromatic carbocycles. The number of hydrogen-bond acceptors (Lipinski definition) is 6. The summed E-state index contributed by atoms with van der Waals surface area (Å²) in [6.07, 6.45) is 3.08. The Bertz CT molecular complexity index is 2720. The molecule has 0 bridgehead atoms. The lowest BCUT2D eigenvalue weighted by Crippen LogP contribution is -2.30. The number of aryl methyl sites for hydroxylation is 4. The van der Waals surface area contributed by atoms with Crippen molar-refractivity contribution >= 4 is 148 Å². The highest BCUT2D eigenvalue weighted by Crippen LogP contribution is 2.24. The predicted octanol–water partition coefficient (Wildman–Crippen LogP) is 10.7. The number of para-hydroxylation sites is 2. The fraction of sp³-hybridized carbons (Fsp3) is 0.348. The molecule has 0 radical (unpaired) electrons. The Labute approximate surface area is 436 Å². The van der Waals surface area contributed by atoms with Gasteiger partial charge in [-0.1, -0.05) is 72.9 Å². The molecular weight excluding hydrogens is 1150 g/mol. The van der Waals surface area contributed by atoms with Crippen molar-refractivity contribution in [2.45, 2.75) is 79.6 Å². The molecule has 2 amide bonds. The number of nitrogens with one attached hydrogen (secondary N) is 2. The number of carbonyl (C=O) groups excluding carboxylic acids is 4. The van der Waals surface area contributed by atoms with E-state index in [1.54, 1.807) is 82.4 Å². The highest BCUT2D eigenvalue weighted by atomic mass is 79.9. The fourth-order valence-corrected chi connectivity index (χ4v) is 7.97. The summed E-state index contributed by atoms with van der Waals surface area (Å²) in [5.41, 5.74) is 7.40. The van der Waals surface area contributed by atoms with E-state index < -0.39 is 0 Å². The molecule has 6 rings (SSSR count). The molecule has 354 valence electrons. The number of nitrogens with zero attached hydrogens (tertiary/aromatic N) is 6. The van der Waals surface area contributed by atoms with Crippen LogP contribution in [0.15, 0.2) is 78.9 Å². The van der Waals surface area contributed by atoms with E-state index in [-0.39, 0.29) is 110 Å². The van der Waals surface area contributed by atoms with E-state index in [0.29, 0.717) is 64.4 Å². The summed E-state index contributed by atoms with van der Waals surface area (Å²) >= 11 is 18.1. The second kappa shape index (κ2) is 27.3. The Morgan fingerprint density at radius 2 is 0.985 bits per heavy atom. The van der Waals surface area contributed by atoms with Crippen molar-refractivity contribution in [1.82, 2.24) is 28.1 Å². The van der Waals surface area contributed by atoms with Gasteiger partial charge in [0.2, 0.25) is 23.1 Å². The quantitative estimate of drug-likeness (QED) is 0.0931. The number of rotatable bonds is 16. The SMILES string of the molecule is Br.Br.Br.Br.CCc1cccc2c1n(CCCN(C)C(C)=O)c(=N)n2CC(=O)c1ccc(Cl)cc1.CCc1cccc2c1n(CCCN(C)C(C)=O)c(=N)n2CC(=O)c1ccc(Cl)cc1Cl. The minimum Gasteiger partial charge on any atom is -0.346 e. The third kappa shape index (κ3) is 14.5. The van der Waals surface area contributed by atoms with E-state index in [9.17, 15) is 19.2 Å². The summed E-state index contributed by atoms with van der Waals surface area (Å²) in [5, 5.41) is 18.9. The van der Waals surface area contributed by atoms with Gasteiger partial charge in [-0.25, -0.2) is 0 Å². The van der Waals surface area contributed by atoms with Crippen molar-refractivity contribution in [3.05, 3.63) is 127 Å². The summed E-state index contributed by atoms with van der Waals surface area (Å²) in [7, 11) is 3.55. The van der Waals surface area contributed by atoms with Crippen LogP contribution in [0.2, 0.25) is 15.1 Å². The molecule has 0 spiro atoms. The van der Waals surface area contributed by atoms with Gasteiger partial charge in [-0.3, -0.25) is 30.0 Å². The number of fused-ring (bicyclic) bond motifs is 2. The van der Waals surface area contributed by atoms with Crippen LogP contribution in [0, 0.1) is 10.8 Å². The van der Waals surface area contributed by atoms with Gasteiger partial charge < -0.3 is 28.1 Å². The normalized spacial score (nSPS) is 10.4. The minimum atomic E-state index is -0.183. The number of carbonyl (C=O) groups is 4. The molecular formula is C46H57Br4Cl3N8O4. The Kier molecular flexibility index (Phi) is 25.0. The maximum atomic E-state index is 13.0. The molecule has 6 aromatic rings. The summed E-state index contributed by atoms with van der Waals surface area (Å²) < 4.78 is 7.37. The average Bonchev–Trinajstić information content (AvgIpc) is 3.65. The second-order valence-corrected chi connectivity index (χ2v) is 16.2. The molecule has 0 fully saturated rings. The smallest absolute Gasteiger partial charge is 0.219 e. The lowest BCUT2D eigenvalue weighted by atomic mass is 10.1. The summed E-state index contributed by atoms with van der Waals surface area (Å²) in [5.74, 6) is -0.214. The van der Waals surface area contributed by atoms with Crippen LogP contribution in [0.3, 0.4) is 0 Å². The second-order valence-electron chi connectivity index (χ2n) is 15.0. The first kappa shape index (κ1) is 59.5. The van der Waals surface area contributed by atoms with E-state index in [1.807, 2.05) is 39.5 Å². The topological polar surface area (TPSA) is 142 Å². The van der Waals surface area contributed by atoms with Gasteiger partial charge in [-0.05, 0) is 91.4 Å². The Morgan fingerprint density at radius 1 is 0.569 bits per heavy atom. The zero-order valence-corrected chi connectivity index (χ0v) is 46.3. The van der Waals surface area contributed by atoms with Gasteiger partial charge in [0.05, 0.1) is 40.2 Å². The van der Waals surface area contributed by atoms with Crippen LogP contribution in [0.1, 0.15) is 72.4 Å².